The van der Waals surface area contributed by atoms with Crippen LogP contribution in [0, 0.1) is 0 Å². The first-order valence-electron chi connectivity index (χ1n) is 9.11. The van der Waals surface area contributed by atoms with Gasteiger partial charge in [0, 0.05) is 25.8 Å². The molecule has 0 spiro atoms. The van der Waals surface area contributed by atoms with Crippen molar-refractivity contribution >= 4 is 11.9 Å². The van der Waals surface area contributed by atoms with Crippen LogP contribution in [0.2, 0.25) is 0 Å². The molecule has 0 aliphatic heterocycles. The lowest BCUT2D eigenvalue weighted by molar-refractivity contribution is 0.0928. The van der Waals surface area contributed by atoms with Crippen molar-refractivity contribution in [2.24, 2.45) is 0 Å². The normalized spacial score (nSPS) is 15.4. The van der Waals surface area contributed by atoms with Gasteiger partial charge in [-0.2, -0.15) is 0 Å². The van der Waals surface area contributed by atoms with Gasteiger partial charge in [0.05, 0.1) is 0 Å². The highest BCUT2D eigenvalue weighted by atomic mass is 16.1. The minimum atomic E-state index is -0.0938. The van der Waals surface area contributed by atoms with Crippen molar-refractivity contribution in [3.63, 3.8) is 0 Å². The minimum absolute atomic E-state index is 0.0938. The summed E-state index contributed by atoms with van der Waals surface area (Å²) < 4.78 is 0. The second-order valence-corrected chi connectivity index (χ2v) is 6.75. The van der Waals surface area contributed by atoms with Gasteiger partial charge in [-0.1, -0.05) is 56.0 Å². The number of hydrogen-bond acceptors (Lipinski definition) is 4. The van der Waals surface area contributed by atoms with E-state index in [0.717, 1.165) is 12.8 Å². The Morgan fingerprint density at radius 1 is 1.12 bits per heavy atom. The van der Waals surface area contributed by atoms with Gasteiger partial charge in [0.1, 0.15) is 5.69 Å². The van der Waals surface area contributed by atoms with Gasteiger partial charge in [0.2, 0.25) is 5.95 Å². The van der Waals surface area contributed by atoms with Crippen molar-refractivity contribution < 1.29 is 4.79 Å². The Bertz CT molecular complexity index is 681. The van der Waals surface area contributed by atoms with Gasteiger partial charge in [-0.05, 0) is 24.5 Å². The topological polar surface area (TPSA) is 58.1 Å². The molecule has 1 fully saturated rings. The Labute approximate surface area is 149 Å². The zero-order chi connectivity index (χ0) is 17.5. The molecule has 5 heteroatoms. The number of nitrogens with zero attached hydrogens (tertiary/aromatic N) is 3. The SMILES string of the molecule is CN(Cc1ccccc1)c1nccc(C(=O)NC2CCCCCC2)n1. The Morgan fingerprint density at radius 3 is 2.56 bits per heavy atom. The lowest BCUT2D eigenvalue weighted by atomic mass is 10.1. The van der Waals surface area contributed by atoms with Crippen molar-refractivity contribution in [3.05, 3.63) is 53.9 Å². The smallest absolute Gasteiger partial charge is 0.270 e. The van der Waals surface area contributed by atoms with Crippen LogP contribution in [0.15, 0.2) is 42.6 Å². The molecular formula is C20H26N4O. The van der Waals surface area contributed by atoms with Gasteiger partial charge in [-0.3, -0.25) is 4.79 Å². The van der Waals surface area contributed by atoms with Crippen LogP contribution < -0.4 is 10.2 Å². The second-order valence-electron chi connectivity index (χ2n) is 6.75. The van der Waals surface area contributed by atoms with E-state index < -0.39 is 0 Å². The van der Waals surface area contributed by atoms with Crippen LogP contribution in [-0.4, -0.2) is 29.0 Å². The summed E-state index contributed by atoms with van der Waals surface area (Å²) in [5, 5.41) is 3.14. The number of rotatable bonds is 5. The summed E-state index contributed by atoms with van der Waals surface area (Å²) in [5.74, 6) is 0.473. The molecule has 1 aromatic heterocycles. The minimum Gasteiger partial charge on any atom is -0.348 e. The van der Waals surface area contributed by atoms with Crippen molar-refractivity contribution in [2.45, 2.75) is 51.1 Å². The van der Waals surface area contributed by atoms with Crippen molar-refractivity contribution in [1.82, 2.24) is 15.3 Å². The molecule has 132 valence electrons. The highest BCUT2D eigenvalue weighted by Crippen LogP contribution is 2.18. The van der Waals surface area contributed by atoms with Gasteiger partial charge in [-0.25, -0.2) is 9.97 Å². The van der Waals surface area contributed by atoms with Gasteiger partial charge >= 0.3 is 0 Å². The molecule has 1 aromatic carbocycles. The standard InChI is InChI=1S/C20H26N4O/c1-24(15-16-9-5-4-6-10-16)20-21-14-13-18(23-20)19(25)22-17-11-7-2-3-8-12-17/h4-6,9-10,13-14,17H,2-3,7-8,11-12,15H2,1H3,(H,22,25). The summed E-state index contributed by atoms with van der Waals surface area (Å²) in [6.07, 6.45) is 8.73. The van der Waals surface area contributed by atoms with Crippen LogP contribution in [0.4, 0.5) is 5.95 Å². The van der Waals surface area contributed by atoms with Crippen LogP contribution in [0.3, 0.4) is 0 Å². The first-order chi connectivity index (χ1) is 12.2. The molecule has 1 aliphatic rings. The molecule has 5 nitrogen and oxygen atoms in total. The monoisotopic (exact) mass is 338 g/mol. The van der Waals surface area contributed by atoms with E-state index in [-0.39, 0.29) is 11.9 Å². The molecule has 0 saturated heterocycles. The lowest BCUT2D eigenvalue weighted by Crippen LogP contribution is -2.35. The van der Waals surface area contributed by atoms with Gasteiger partial charge in [0.25, 0.3) is 5.91 Å². The summed E-state index contributed by atoms with van der Waals surface area (Å²) in [6, 6.07) is 12.1. The summed E-state index contributed by atoms with van der Waals surface area (Å²) in [7, 11) is 1.94. The molecule has 0 unspecified atom stereocenters. The molecule has 1 heterocycles. The lowest BCUT2D eigenvalue weighted by Gasteiger charge is -2.19. The summed E-state index contributed by atoms with van der Waals surface area (Å²) >= 11 is 0. The molecular weight excluding hydrogens is 312 g/mol. The van der Waals surface area contributed by atoms with E-state index in [9.17, 15) is 4.79 Å². The third kappa shape index (κ3) is 5.02. The Morgan fingerprint density at radius 2 is 1.84 bits per heavy atom. The molecule has 25 heavy (non-hydrogen) atoms. The van der Waals surface area contributed by atoms with Crippen LogP contribution in [0.5, 0.6) is 0 Å². The quantitative estimate of drug-likeness (QED) is 0.847. The first kappa shape index (κ1) is 17.4. The average molecular weight is 338 g/mol. The number of carbonyl (C=O) groups is 1. The first-order valence-corrected chi connectivity index (χ1v) is 9.11. The number of carbonyl (C=O) groups excluding carboxylic acids is 1. The molecule has 1 amide bonds. The van der Waals surface area contributed by atoms with Gasteiger partial charge in [0.15, 0.2) is 0 Å². The van der Waals surface area contributed by atoms with E-state index in [0.29, 0.717) is 18.2 Å². The number of amides is 1. The maximum atomic E-state index is 12.5. The third-order valence-electron chi connectivity index (χ3n) is 4.67. The van der Waals surface area contributed by atoms with E-state index in [1.54, 1.807) is 12.3 Å². The number of aromatic nitrogens is 2. The van der Waals surface area contributed by atoms with E-state index in [1.165, 1.54) is 31.2 Å². The fourth-order valence-electron chi connectivity index (χ4n) is 3.27. The Kier molecular flexibility index (Phi) is 5.99. The molecule has 0 atom stereocenters. The molecule has 1 saturated carbocycles. The Hall–Kier alpha value is -2.43. The van der Waals surface area contributed by atoms with Crippen molar-refractivity contribution in [1.29, 1.82) is 0 Å². The highest BCUT2D eigenvalue weighted by Gasteiger charge is 2.17. The number of benzene rings is 1. The molecule has 3 rings (SSSR count). The predicted molar refractivity (Wildman–Crippen MR) is 99.5 cm³/mol. The van der Waals surface area contributed by atoms with Gasteiger partial charge in [-0.15, -0.1) is 0 Å². The van der Waals surface area contributed by atoms with Crippen molar-refractivity contribution in [2.75, 3.05) is 11.9 Å². The van der Waals surface area contributed by atoms with E-state index in [2.05, 4.69) is 27.4 Å². The Balaban J connectivity index is 1.64. The van der Waals surface area contributed by atoms with E-state index in [4.69, 9.17) is 0 Å². The summed E-state index contributed by atoms with van der Waals surface area (Å²) in [4.78, 5) is 23.3. The molecule has 0 bridgehead atoms. The number of hydrogen-bond donors (Lipinski definition) is 1. The van der Waals surface area contributed by atoms with Crippen LogP contribution in [0.25, 0.3) is 0 Å². The number of nitrogens with one attached hydrogen (secondary N) is 1. The maximum Gasteiger partial charge on any atom is 0.270 e. The summed E-state index contributed by atoms with van der Waals surface area (Å²) in [6.45, 7) is 0.703. The van der Waals surface area contributed by atoms with Crippen LogP contribution in [-0.2, 0) is 6.54 Å². The fraction of sp³-hybridized carbons (Fsp3) is 0.450. The van der Waals surface area contributed by atoms with Gasteiger partial charge < -0.3 is 10.2 Å². The van der Waals surface area contributed by atoms with E-state index in [1.807, 2.05) is 30.1 Å². The predicted octanol–water partition coefficient (Wildman–Crippen LogP) is 3.57. The zero-order valence-electron chi connectivity index (χ0n) is 14.8. The molecule has 2 aromatic rings. The maximum absolute atomic E-state index is 12.5. The largest absolute Gasteiger partial charge is 0.348 e. The second kappa shape index (κ2) is 8.60. The molecule has 1 N–H and O–H groups in total. The fourth-order valence-corrected chi connectivity index (χ4v) is 3.27. The molecule has 0 radical (unpaired) electrons. The highest BCUT2D eigenvalue weighted by molar-refractivity contribution is 5.92. The van der Waals surface area contributed by atoms with E-state index >= 15 is 0 Å². The summed E-state index contributed by atoms with van der Waals surface area (Å²) in [5.41, 5.74) is 1.62. The molecule has 1 aliphatic carbocycles. The van der Waals surface area contributed by atoms with Crippen LogP contribution >= 0.6 is 0 Å². The average Bonchev–Trinajstić information content (AvgIpc) is 2.91. The van der Waals surface area contributed by atoms with Crippen LogP contribution in [0.1, 0.15) is 54.6 Å². The number of anilines is 1. The third-order valence-corrected chi connectivity index (χ3v) is 4.67. The van der Waals surface area contributed by atoms with Crippen molar-refractivity contribution in [3.8, 4) is 0 Å². The zero-order valence-corrected chi connectivity index (χ0v) is 14.8.